The molecule has 4 nitrogen and oxygen atoms in total. The van der Waals surface area contributed by atoms with Crippen molar-refractivity contribution in [2.75, 3.05) is 5.75 Å². The Morgan fingerprint density at radius 2 is 1.42 bits per heavy atom. The van der Waals surface area contributed by atoms with Crippen LogP contribution in [0.2, 0.25) is 0 Å². The summed E-state index contributed by atoms with van der Waals surface area (Å²) in [6, 6.07) is 26.4. The van der Waals surface area contributed by atoms with Gasteiger partial charge in [-0.25, -0.2) is 0 Å². The molecule has 38 heavy (non-hydrogen) atoms. The van der Waals surface area contributed by atoms with E-state index >= 15 is 0 Å². The summed E-state index contributed by atoms with van der Waals surface area (Å²) in [4.78, 5) is 29.5. The molecule has 1 aliphatic carbocycles. The highest BCUT2D eigenvalue weighted by Gasteiger charge is 2.31. The summed E-state index contributed by atoms with van der Waals surface area (Å²) in [6.45, 7) is 4.55. The molecule has 0 radical (unpaired) electrons. The minimum atomic E-state index is -0.562. The van der Waals surface area contributed by atoms with Gasteiger partial charge >= 0.3 is 0 Å². The van der Waals surface area contributed by atoms with Gasteiger partial charge in [-0.2, -0.15) is 0 Å². The van der Waals surface area contributed by atoms with E-state index in [0.717, 1.165) is 42.6 Å². The van der Waals surface area contributed by atoms with Crippen LogP contribution in [0, 0.1) is 13.8 Å². The number of hydrogen-bond donors (Lipinski definition) is 1. The molecule has 0 aliphatic heterocycles. The number of carbonyl (C=O) groups is 2. The quantitative estimate of drug-likeness (QED) is 0.304. The second-order valence-corrected chi connectivity index (χ2v) is 11.5. The Balaban J connectivity index is 1.55. The smallest absolute Gasteiger partial charge is 0.243 e. The molecule has 0 saturated heterocycles. The third-order valence-corrected chi connectivity index (χ3v) is 8.30. The molecule has 0 bridgehead atoms. The van der Waals surface area contributed by atoms with Crippen molar-refractivity contribution >= 4 is 23.6 Å². The maximum Gasteiger partial charge on any atom is 0.243 e. The lowest BCUT2D eigenvalue weighted by atomic mass is 9.94. The number of carbonyl (C=O) groups excluding carboxylic acids is 2. The van der Waals surface area contributed by atoms with Gasteiger partial charge in [0.1, 0.15) is 6.04 Å². The molecule has 1 fully saturated rings. The fourth-order valence-electron chi connectivity index (χ4n) is 5.01. The number of hydrogen-bond acceptors (Lipinski definition) is 3. The first-order valence-electron chi connectivity index (χ1n) is 13.8. The van der Waals surface area contributed by atoms with Crippen LogP contribution in [-0.4, -0.2) is 34.6 Å². The number of nitrogens with zero attached hydrogens (tertiary/aromatic N) is 1. The van der Waals surface area contributed by atoms with Gasteiger partial charge in [0.25, 0.3) is 0 Å². The number of benzene rings is 3. The lowest BCUT2D eigenvalue weighted by Crippen LogP contribution is -2.53. The number of thioether (sulfide) groups is 1. The van der Waals surface area contributed by atoms with Crippen LogP contribution >= 0.6 is 11.8 Å². The van der Waals surface area contributed by atoms with Gasteiger partial charge in [-0.15, -0.1) is 11.8 Å². The summed E-state index contributed by atoms with van der Waals surface area (Å²) in [5.41, 5.74) is 5.71. The van der Waals surface area contributed by atoms with Crippen LogP contribution in [0.15, 0.2) is 78.9 Å². The zero-order chi connectivity index (χ0) is 26.7. The predicted octanol–water partition coefficient (Wildman–Crippen LogP) is 6.63. The van der Waals surface area contributed by atoms with Crippen LogP contribution < -0.4 is 5.32 Å². The van der Waals surface area contributed by atoms with Gasteiger partial charge in [-0.05, 0) is 43.4 Å². The van der Waals surface area contributed by atoms with Crippen LogP contribution in [0.5, 0.6) is 0 Å². The maximum atomic E-state index is 13.8. The van der Waals surface area contributed by atoms with Crippen molar-refractivity contribution in [2.45, 2.75) is 76.8 Å². The first-order chi connectivity index (χ1) is 18.5. The van der Waals surface area contributed by atoms with Crippen LogP contribution in [0.25, 0.3) is 0 Å². The highest BCUT2D eigenvalue weighted by atomic mass is 32.2. The Bertz CT molecular complexity index is 1160. The summed E-state index contributed by atoms with van der Waals surface area (Å²) in [5.74, 6) is 1.07. The summed E-state index contributed by atoms with van der Waals surface area (Å²) in [7, 11) is 0. The molecule has 5 heteroatoms. The van der Waals surface area contributed by atoms with E-state index < -0.39 is 6.04 Å². The van der Waals surface area contributed by atoms with E-state index in [1.807, 2.05) is 35.2 Å². The number of rotatable bonds is 11. The minimum absolute atomic E-state index is 0.00223. The molecule has 1 atom stereocenters. The van der Waals surface area contributed by atoms with Crippen molar-refractivity contribution in [1.29, 1.82) is 0 Å². The third-order valence-electron chi connectivity index (χ3n) is 7.31. The largest absolute Gasteiger partial charge is 0.352 e. The third kappa shape index (κ3) is 8.49. The Morgan fingerprint density at radius 1 is 0.816 bits per heavy atom. The Morgan fingerprint density at radius 3 is 2.05 bits per heavy atom. The van der Waals surface area contributed by atoms with Crippen molar-refractivity contribution in [3.63, 3.8) is 0 Å². The molecule has 200 valence electrons. The Kier molecular flexibility index (Phi) is 10.5. The molecule has 2 amide bonds. The molecule has 1 aliphatic rings. The summed E-state index contributed by atoms with van der Waals surface area (Å²) in [6.07, 6.45) is 6.06. The normalized spacial score (nSPS) is 14.6. The molecule has 1 saturated carbocycles. The average molecular weight is 529 g/mol. The average Bonchev–Trinajstić information content (AvgIpc) is 2.94. The first kappa shape index (κ1) is 28.0. The fraction of sp³-hybridized carbons (Fsp3) is 0.394. The SMILES string of the molecule is Cc1ccc(CSCC(=O)N(Cc2ccc(C)cc2)[C@@H](Cc2ccccc2)C(=O)NC2CCCCC2)cc1. The molecule has 3 aromatic carbocycles. The molecule has 4 rings (SSSR count). The Hall–Kier alpha value is -3.05. The zero-order valence-electron chi connectivity index (χ0n) is 22.7. The van der Waals surface area contributed by atoms with E-state index in [1.54, 1.807) is 11.8 Å². The maximum absolute atomic E-state index is 13.8. The van der Waals surface area contributed by atoms with Crippen molar-refractivity contribution in [1.82, 2.24) is 10.2 Å². The van der Waals surface area contributed by atoms with Crippen LogP contribution in [-0.2, 0) is 28.3 Å². The Labute approximate surface area is 232 Å². The van der Waals surface area contributed by atoms with Gasteiger partial charge in [0.2, 0.25) is 11.8 Å². The molecule has 0 unspecified atom stereocenters. The first-order valence-corrected chi connectivity index (χ1v) is 15.0. The van der Waals surface area contributed by atoms with Gasteiger partial charge in [-0.3, -0.25) is 9.59 Å². The second kappa shape index (κ2) is 14.2. The van der Waals surface area contributed by atoms with Crippen molar-refractivity contribution in [3.8, 4) is 0 Å². The summed E-state index contributed by atoms with van der Waals surface area (Å²) in [5, 5.41) is 3.32. The predicted molar refractivity (Wildman–Crippen MR) is 158 cm³/mol. The molecule has 0 heterocycles. The van der Waals surface area contributed by atoms with E-state index in [1.165, 1.54) is 23.1 Å². The van der Waals surface area contributed by atoms with Crippen LogP contribution in [0.4, 0.5) is 0 Å². The van der Waals surface area contributed by atoms with E-state index in [-0.39, 0.29) is 17.9 Å². The summed E-state index contributed by atoms with van der Waals surface area (Å²) >= 11 is 1.61. The van der Waals surface area contributed by atoms with Gasteiger partial charge in [0.15, 0.2) is 0 Å². The van der Waals surface area contributed by atoms with Crippen molar-refractivity contribution < 1.29 is 9.59 Å². The fourth-order valence-corrected chi connectivity index (χ4v) is 5.88. The summed E-state index contributed by atoms with van der Waals surface area (Å²) < 4.78 is 0. The van der Waals surface area contributed by atoms with E-state index in [0.29, 0.717) is 18.7 Å². The van der Waals surface area contributed by atoms with E-state index in [4.69, 9.17) is 0 Å². The number of nitrogens with one attached hydrogen (secondary N) is 1. The highest BCUT2D eigenvalue weighted by molar-refractivity contribution is 7.99. The van der Waals surface area contributed by atoms with Crippen LogP contribution in [0.3, 0.4) is 0 Å². The molecule has 0 spiro atoms. The zero-order valence-corrected chi connectivity index (χ0v) is 23.5. The monoisotopic (exact) mass is 528 g/mol. The van der Waals surface area contributed by atoms with Gasteiger partial charge in [0, 0.05) is 24.8 Å². The van der Waals surface area contributed by atoms with Crippen molar-refractivity contribution in [3.05, 3.63) is 107 Å². The molecule has 0 aromatic heterocycles. The topological polar surface area (TPSA) is 49.4 Å². The highest BCUT2D eigenvalue weighted by Crippen LogP contribution is 2.21. The lowest BCUT2D eigenvalue weighted by Gasteiger charge is -2.33. The minimum Gasteiger partial charge on any atom is -0.352 e. The van der Waals surface area contributed by atoms with Gasteiger partial charge < -0.3 is 10.2 Å². The van der Waals surface area contributed by atoms with Crippen LogP contribution in [0.1, 0.15) is 59.9 Å². The standard InChI is InChI=1S/C33H40N2O2S/c1-25-13-17-28(18-14-25)22-35(32(36)24-38-23-29-19-15-26(2)16-20-29)31(21-27-9-5-3-6-10-27)33(37)34-30-11-7-4-8-12-30/h3,5-6,9-10,13-20,30-31H,4,7-8,11-12,21-24H2,1-2H3,(H,34,37)/t31-/m0/s1. The number of amides is 2. The number of aryl methyl sites for hydroxylation is 2. The second-order valence-electron chi connectivity index (χ2n) is 10.5. The lowest BCUT2D eigenvalue weighted by molar-refractivity contribution is -0.139. The molecule has 3 aromatic rings. The molecule has 1 N–H and O–H groups in total. The molecular weight excluding hydrogens is 488 g/mol. The van der Waals surface area contributed by atoms with E-state index in [9.17, 15) is 9.59 Å². The van der Waals surface area contributed by atoms with E-state index in [2.05, 4.69) is 67.7 Å². The van der Waals surface area contributed by atoms with Gasteiger partial charge in [0.05, 0.1) is 5.75 Å². The molecular formula is C33H40N2O2S. The van der Waals surface area contributed by atoms with Gasteiger partial charge in [-0.1, -0.05) is 109 Å². The van der Waals surface area contributed by atoms with Crippen molar-refractivity contribution in [2.24, 2.45) is 0 Å².